The largest absolute Gasteiger partial charge is 0.481 e. The lowest BCUT2D eigenvalue weighted by atomic mass is 10.1. The van der Waals surface area contributed by atoms with Crippen LogP contribution >= 0.6 is 0 Å². The van der Waals surface area contributed by atoms with E-state index < -0.39 is 6.10 Å². The third kappa shape index (κ3) is 4.46. The van der Waals surface area contributed by atoms with Crippen LogP contribution in [0.5, 0.6) is 5.75 Å². The molecule has 0 spiro atoms. The first kappa shape index (κ1) is 19.6. The number of hydrogen-bond acceptors (Lipinski definition) is 4. The minimum Gasteiger partial charge on any atom is -0.481 e. The topological polar surface area (TPSA) is 64.1 Å². The molecule has 0 bridgehead atoms. The quantitative estimate of drug-likeness (QED) is 0.513. The number of carbonyl (C=O) groups is 1. The van der Waals surface area contributed by atoms with Gasteiger partial charge in [0, 0.05) is 12.1 Å². The Morgan fingerprint density at radius 3 is 2.43 bits per heavy atom. The average molecular weight is 397 g/mol. The number of para-hydroxylation sites is 2. The molecule has 1 heterocycles. The van der Waals surface area contributed by atoms with Crippen molar-refractivity contribution >= 4 is 16.9 Å². The Bertz CT molecular complexity index is 1170. The Hall–Kier alpha value is -3.73. The standard InChI is InChI=1S/C25H23N3O2/c1-17-7-3-4-8-20(17)15-27-25(29)18(2)30-21-13-11-19(12-14-21)24-16-26-22-9-5-6-10-23(22)28-24/h3-14,16,18H,15H2,1-2H3,(H,27,29)/t18-/m1/s1. The van der Waals surface area contributed by atoms with E-state index in [9.17, 15) is 4.79 Å². The summed E-state index contributed by atoms with van der Waals surface area (Å²) in [5.74, 6) is 0.480. The van der Waals surface area contributed by atoms with Gasteiger partial charge in [0.2, 0.25) is 0 Å². The zero-order chi connectivity index (χ0) is 20.9. The molecule has 3 aromatic carbocycles. The van der Waals surface area contributed by atoms with Crippen LogP contribution in [0.25, 0.3) is 22.3 Å². The van der Waals surface area contributed by atoms with Gasteiger partial charge in [0.25, 0.3) is 5.91 Å². The van der Waals surface area contributed by atoms with E-state index in [0.29, 0.717) is 12.3 Å². The van der Waals surface area contributed by atoms with Crippen molar-refractivity contribution in [3.05, 3.63) is 90.1 Å². The fraction of sp³-hybridized carbons (Fsp3) is 0.160. The third-order valence-corrected chi connectivity index (χ3v) is 5.00. The van der Waals surface area contributed by atoms with Crippen molar-refractivity contribution in [2.24, 2.45) is 0 Å². The molecule has 0 aliphatic heterocycles. The lowest BCUT2D eigenvalue weighted by Gasteiger charge is -2.15. The van der Waals surface area contributed by atoms with E-state index >= 15 is 0 Å². The summed E-state index contributed by atoms with van der Waals surface area (Å²) in [6, 6.07) is 23.3. The van der Waals surface area contributed by atoms with Gasteiger partial charge in [0.1, 0.15) is 5.75 Å². The Balaban J connectivity index is 1.38. The molecule has 1 N–H and O–H groups in total. The predicted molar refractivity (Wildman–Crippen MR) is 118 cm³/mol. The lowest BCUT2D eigenvalue weighted by Crippen LogP contribution is -2.36. The summed E-state index contributed by atoms with van der Waals surface area (Å²) in [5, 5.41) is 2.93. The normalized spacial score (nSPS) is 11.8. The van der Waals surface area contributed by atoms with Crippen LogP contribution in [-0.4, -0.2) is 22.0 Å². The second-order valence-corrected chi connectivity index (χ2v) is 7.17. The molecule has 150 valence electrons. The van der Waals surface area contributed by atoms with Gasteiger partial charge < -0.3 is 10.1 Å². The van der Waals surface area contributed by atoms with Gasteiger partial charge in [0.05, 0.1) is 22.9 Å². The molecule has 1 amide bonds. The van der Waals surface area contributed by atoms with Crippen LogP contribution in [0.15, 0.2) is 79.0 Å². The van der Waals surface area contributed by atoms with Gasteiger partial charge in [-0.1, -0.05) is 36.4 Å². The number of nitrogens with one attached hydrogen (secondary N) is 1. The van der Waals surface area contributed by atoms with E-state index in [1.807, 2.05) is 79.7 Å². The van der Waals surface area contributed by atoms with Gasteiger partial charge in [-0.2, -0.15) is 0 Å². The minimum absolute atomic E-state index is 0.150. The second kappa shape index (κ2) is 8.74. The van der Waals surface area contributed by atoms with E-state index in [2.05, 4.69) is 15.3 Å². The van der Waals surface area contributed by atoms with Crippen LogP contribution in [0.1, 0.15) is 18.1 Å². The minimum atomic E-state index is -0.597. The number of nitrogens with zero attached hydrogens (tertiary/aromatic N) is 2. The monoisotopic (exact) mass is 397 g/mol. The van der Waals surface area contributed by atoms with Crippen LogP contribution in [0, 0.1) is 6.92 Å². The van der Waals surface area contributed by atoms with Gasteiger partial charge in [-0.15, -0.1) is 0 Å². The van der Waals surface area contributed by atoms with Gasteiger partial charge in [-0.25, -0.2) is 4.98 Å². The Kier molecular flexibility index (Phi) is 5.70. The number of aryl methyl sites for hydroxylation is 1. The Morgan fingerprint density at radius 2 is 1.67 bits per heavy atom. The number of benzene rings is 3. The first-order valence-corrected chi connectivity index (χ1v) is 9.91. The molecular weight excluding hydrogens is 374 g/mol. The Labute approximate surface area is 175 Å². The second-order valence-electron chi connectivity index (χ2n) is 7.17. The number of amides is 1. The summed E-state index contributed by atoms with van der Waals surface area (Å²) in [5.41, 5.74) is 5.71. The number of fused-ring (bicyclic) bond motifs is 1. The molecule has 1 aromatic heterocycles. The highest BCUT2D eigenvalue weighted by atomic mass is 16.5. The van der Waals surface area contributed by atoms with E-state index in [0.717, 1.165) is 33.4 Å². The zero-order valence-corrected chi connectivity index (χ0v) is 17.0. The Morgan fingerprint density at radius 1 is 0.967 bits per heavy atom. The summed E-state index contributed by atoms with van der Waals surface area (Å²) in [4.78, 5) is 21.5. The fourth-order valence-corrected chi connectivity index (χ4v) is 3.19. The molecule has 5 nitrogen and oxygen atoms in total. The molecule has 4 rings (SSSR count). The number of hydrogen-bond donors (Lipinski definition) is 1. The maximum Gasteiger partial charge on any atom is 0.261 e. The molecule has 30 heavy (non-hydrogen) atoms. The van der Waals surface area contributed by atoms with Crippen molar-refractivity contribution in [3.63, 3.8) is 0 Å². The number of aromatic nitrogens is 2. The summed E-state index contributed by atoms with van der Waals surface area (Å²) < 4.78 is 5.81. The van der Waals surface area contributed by atoms with Crippen molar-refractivity contribution < 1.29 is 9.53 Å². The van der Waals surface area contributed by atoms with Crippen LogP contribution in [0.2, 0.25) is 0 Å². The summed E-state index contributed by atoms with van der Waals surface area (Å²) in [6.07, 6.45) is 1.17. The van der Waals surface area contributed by atoms with E-state index in [4.69, 9.17) is 4.74 Å². The molecule has 0 saturated heterocycles. The zero-order valence-electron chi connectivity index (χ0n) is 17.0. The van der Waals surface area contributed by atoms with Gasteiger partial charge in [-0.05, 0) is 61.4 Å². The molecule has 0 aliphatic carbocycles. The molecule has 4 aromatic rings. The number of carbonyl (C=O) groups excluding carboxylic acids is 1. The van der Waals surface area contributed by atoms with Crippen LogP contribution in [-0.2, 0) is 11.3 Å². The van der Waals surface area contributed by atoms with Gasteiger partial charge in [0.15, 0.2) is 6.10 Å². The highest BCUT2D eigenvalue weighted by Gasteiger charge is 2.15. The molecule has 0 aliphatic rings. The first-order valence-electron chi connectivity index (χ1n) is 9.91. The molecule has 0 radical (unpaired) electrons. The summed E-state index contributed by atoms with van der Waals surface area (Å²) in [6.45, 7) is 4.26. The van der Waals surface area contributed by atoms with Crippen LogP contribution < -0.4 is 10.1 Å². The fourth-order valence-electron chi connectivity index (χ4n) is 3.19. The van der Waals surface area contributed by atoms with E-state index in [1.165, 1.54) is 0 Å². The first-order chi connectivity index (χ1) is 14.6. The van der Waals surface area contributed by atoms with Crippen molar-refractivity contribution in [1.29, 1.82) is 0 Å². The van der Waals surface area contributed by atoms with Crippen molar-refractivity contribution in [2.75, 3.05) is 0 Å². The average Bonchev–Trinajstić information content (AvgIpc) is 2.78. The smallest absolute Gasteiger partial charge is 0.261 e. The molecule has 5 heteroatoms. The predicted octanol–water partition coefficient (Wildman–Crippen LogP) is 4.69. The molecule has 0 fully saturated rings. The lowest BCUT2D eigenvalue weighted by molar-refractivity contribution is -0.127. The van der Waals surface area contributed by atoms with E-state index in [-0.39, 0.29) is 5.91 Å². The maximum atomic E-state index is 12.4. The number of rotatable bonds is 6. The molecule has 0 unspecified atom stereocenters. The summed E-state index contributed by atoms with van der Waals surface area (Å²) in [7, 11) is 0. The van der Waals surface area contributed by atoms with Crippen molar-refractivity contribution in [2.45, 2.75) is 26.5 Å². The van der Waals surface area contributed by atoms with E-state index in [1.54, 1.807) is 13.1 Å². The molecule has 0 saturated carbocycles. The summed E-state index contributed by atoms with van der Waals surface area (Å²) >= 11 is 0. The van der Waals surface area contributed by atoms with Crippen molar-refractivity contribution in [1.82, 2.24) is 15.3 Å². The number of ether oxygens (including phenoxy) is 1. The van der Waals surface area contributed by atoms with Gasteiger partial charge >= 0.3 is 0 Å². The molecule has 1 atom stereocenters. The van der Waals surface area contributed by atoms with Crippen molar-refractivity contribution in [3.8, 4) is 17.0 Å². The highest BCUT2D eigenvalue weighted by Crippen LogP contribution is 2.22. The van der Waals surface area contributed by atoms with Gasteiger partial charge in [-0.3, -0.25) is 9.78 Å². The van der Waals surface area contributed by atoms with Crippen LogP contribution in [0.3, 0.4) is 0 Å². The highest BCUT2D eigenvalue weighted by molar-refractivity contribution is 5.80. The maximum absolute atomic E-state index is 12.4. The van der Waals surface area contributed by atoms with Crippen LogP contribution in [0.4, 0.5) is 0 Å². The third-order valence-electron chi connectivity index (χ3n) is 5.00. The SMILES string of the molecule is Cc1ccccc1CNC(=O)[C@@H](C)Oc1ccc(-c2cnc3ccccc3n2)cc1. The molecular formula is C25H23N3O2.